The average Bonchev–Trinajstić information content (AvgIpc) is 3.28. The predicted octanol–water partition coefficient (Wildman–Crippen LogP) is 1.30. The summed E-state index contributed by atoms with van der Waals surface area (Å²) >= 11 is 0. The van der Waals surface area contributed by atoms with Crippen LogP contribution in [0.3, 0.4) is 0 Å². The molecule has 0 aliphatic heterocycles. The third-order valence-corrected chi connectivity index (χ3v) is 9.86. The molecule has 0 heterocycles. The van der Waals surface area contributed by atoms with Crippen molar-refractivity contribution in [1.29, 1.82) is 0 Å². The first-order valence-electron chi connectivity index (χ1n) is 23.7. The summed E-state index contributed by atoms with van der Waals surface area (Å²) in [5.74, 6) is -0.675. The standard InChI is InChI=1S/C45H86N6O14/c1-59-25-10-6-15-40(53)49-23-29-64-33-31-62-27-18-42(55)46-20-9-5-14-39(35-45(58)48-21-8-4-13-38(36-52)37-61-3)51-44(57)17-12-22-47-43(56)19-28-63-32-34-65-30-24-50-41(54)16-7-11-26-60-2/h38-39,52H,4-37H2,1-3H3,(H,46,55)(H,47,56)(H,48,58)(H,49,53)(H,50,54)(H,51,57). The zero-order chi connectivity index (χ0) is 47.9. The lowest BCUT2D eigenvalue weighted by Gasteiger charge is -2.19. The number of ether oxygens (including phenoxy) is 7. The third-order valence-electron chi connectivity index (χ3n) is 9.86. The van der Waals surface area contributed by atoms with Gasteiger partial charge < -0.3 is 70.2 Å². The molecule has 0 rings (SSSR count). The number of carbonyl (C=O) groups is 6. The number of nitrogens with one attached hydrogen (secondary N) is 6. The predicted molar refractivity (Wildman–Crippen MR) is 245 cm³/mol. The van der Waals surface area contributed by atoms with Gasteiger partial charge in [-0.15, -0.1) is 0 Å². The Labute approximate surface area is 388 Å². The molecule has 0 fully saturated rings. The lowest BCUT2D eigenvalue weighted by atomic mass is 10.0. The summed E-state index contributed by atoms with van der Waals surface area (Å²) in [6, 6.07) is -0.401. The van der Waals surface area contributed by atoms with Gasteiger partial charge in [0, 0.05) is 124 Å². The van der Waals surface area contributed by atoms with Crippen LogP contribution in [0.4, 0.5) is 0 Å². The van der Waals surface area contributed by atoms with Crippen LogP contribution in [-0.2, 0) is 61.9 Å². The summed E-state index contributed by atoms with van der Waals surface area (Å²) in [5, 5.41) is 26.7. The smallest absolute Gasteiger partial charge is 0.222 e. The highest BCUT2D eigenvalue weighted by Gasteiger charge is 2.17. The molecule has 380 valence electrons. The van der Waals surface area contributed by atoms with E-state index in [1.165, 1.54) is 0 Å². The second-order valence-electron chi connectivity index (χ2n) is 15.7. The molecule has 20 nitrogen and oxygen atoms in total. The average molecular weight is 935 g/mol. The molecule has 7 N–H and O–H groups in total. The number of hydrogen-bond donors (Lipinski definition) is 7. The van der Waals surface area contributed by atoms with Gasteiger partial charge in [-0.25, -0.2) is 0 Å². The number of rotatable bonds is 48. The van der Waals surface area contributed by atoms with Crippen molar-refractivity contribution >= 4 is 35.4 Å². The van der Waals surface area contributed by atoms with Gasteiger partial charge in [0.2, 0.25) is 35.4 Å². The minimum Gasteiger partial charge on any atom is -0.396 e. The van der Waals surface area contributed by atoms with Crippen molar-refractivity contribution in [2.24, 2.45) is 5.92 Å². The Morgan fingerprint density at radius 2 is 0.831 bits per heavy atom. The summed E-state index contributed by atoms with van der Waals surface area (Å²) in [4.78, 5) is 73.8. The van der Waals surface area contributed by atoms with Crippen molar-refractivity contribution in [3.63, 3.8) is 0 Å². The Morgan fingerprint density at radius 1 is 0.400 bits per heavy atom. The molecule has 0 bridgehead atoms. The fourth-order valence-electron chi connectivity index (χ4n) is 6.21. The SMILES string of the molecule is COCCCCC(=O)NCCOCCOCCC(=O)NCCCCC(CC(=O)NCCCCC(CO)COC)NC(=O)CCCNC(=O)CCOCCOCCNC(=O)CCCCOC. The van der Waals surface area contributed by atoms with Crippen molar-refractivity contribution in [2.45, 2.75) is 115 Å². The quantitative estimate of drug-likeness (QED) is 0.0425. The first-order valence-corrected chi connectivity index (χ1v) is 23.7. The van der Waals surface area contributed by atoms with Gasteiger partial charge in [-0.05, 0) is 64.2 Å². The summed E-state index contributed by atoms with van der Waals surface area (Å²) in [6.07, 6.45) is 9.49. The molecule has 0 aromatic carbocycles. The molecule has 0 aliphatic carbocycles. The minimum atomic E-state index is -0.401. The zero-order valence-electron chi connectivity index (χ0n) is 40.0. The molecule has 2 atom stereocenters. The number of aliphatic hydroxyl groups is 1. The Bertz CT molecular complexity index is 1200. The van der Waals surface area contributed by atoms with Crippen molar-refractivity contribution in [3.8, 4) is 0 Å². The largest absolute Gasteiger partial charge is 0.396 e. The van der Waals surface area contributed by atoms with Crippen molar-refractivity contribution in [3.05, 3.63) is 0 Å². The fraction of sp³-hybridized carbons (Fsp3) is 0.867. The summed E-state index contributed by atoms with van der Waals surface area (Å²) in [6.45, 7) is 6.51. The van der Waals surface area contributed by atoms with Crippen molar-refractivity contribution in [2.75, 3.05) is 133 Å². The highest BCUT2D eigenvalue weighted by Crippen LogP contribution is 2.09. The van der Waals surface area contributed by atoms with Gasteiger partial charge in [0.25, 0.3) is 0 Å². The lowest BCUT2D eigenvalue weighted by molar-refractivity contribution is -0.125. The Hall–Kier alpha value is -3.50. The maximum atomic E-state index is 12.9. The first kappa shape index (κ1) is 61.5. The molecule has 0 aromatic heterocycles. The molecule has 65 heavy (non-hydrogen) atoms. The van der Waals surface area contributed by atoms with E-state index in [0.29, 0.717) is 131 Å². The molecule has 0 spiro atoms. The summed E-state index contributed by atoms with van der Waals surface area (Å²) < 4.78 is 36.9. The maximum Gasteiger partial charge on any atom is 0.222 e. The Morgan fingerprint density at radius 3 is 1.32 bits per heavy atom. The van der Waals surface area contributed by atoms with E-state index in [9.17, 15) is 33.9 Å². The van der Waals surface area contributed by atoms with Gasteiger partial charge >= 0.3 is 0 Å². The molecule has 0 saturated carbocycles. The van der Waals surface area contributed by atoms with Crippen LogP contribution >= 0.6 is 0 Å². The van der Waals surface area contributed by atoms with Crippen molar-refractivity contribution < 1.29 is 67.0 Å². The lowest BCUT2D eigenvalue weighted by Crippen LogP contribution is -2.39. The van der Waals surface area contributed by atoms with E-state index in [1.807, 2.05) is 0 Å². The van der Waals surface area contributed by atoms with E-state index in [1.54, 1.807) is 21.3 Å². The van der Waals surface area contributed by atoms with Crippen LogP contribution in [0.2, 0.25) is 0 Å². The number of unbranched alkanes of at least 4 members (excludes halogenated alkanes) is 4. The highest BCUT2D eigenvalue weighted by molar-refractivity contribution is 5.80. The molecule has 0 aliphatic rings. The van der Waals surface area contributed by atoms with Crippen LogP contribution in [0.25, 0.3) is 0 Å². The molecule has 0 radical (unpaired) electrons. The second-order valence-corrected chi connectivity index (χ2v) is 15.7. The van der Waals surface area contributed by atoms with Crippen LogP contribution < -0.4 is 31.9 Å². The van der Waals surface area contributed by atoms with Gasteiger partial charge in [0.15, 0.2) is 0 Å². The van der Waals surface area contributed by atoms with Gasteiger partial charge in [-0.2, -0.15) is 0 Å². The molecular formula is C45H86N6O14. The molecule has 0 aromatic rings. The third kappa shape index (κ3) is 44.1. The molecule has 6 amide bonds. The van der Waals surface area contributed by atoms with Crippen LogP contribution in [0.1, 0.15) is 109 Å². The topological polar surface area (TPSA) is 259 Å². The normalized spacial score (nSPS) is 12.0. The Balaban J connectivity index is 4.37. The van der Waals surface area contributed by atoms with E-state index in [-0.39, 0.29) is 86.9 Å². The first-order chi connectivity index (χ1) is 31.6. The van der Waals surface area contributed by atoms with E-state index in [4.69, 9.17) is 33.2 Å². The van der Waals surface area contributed by atoms with Gasteiger partial charge in [-0.3, -0.25) is 28.8 Å². The van der Waals surface area contributed by atoms with Crippen molar-refractivity contribution in [1.82, 2.24) is 31.9 Å². The van der Waals surface area contributed by atoms with E-state index >= 15 is 0 Å². The van der Waals surface area contributed by atoms with Crippen LogP contribution in [-0.4, -0.2) is 180 Å². The highest BCUT2D eigenvalue weighted by atomic mass is 16.5. The van der Waals surface area contributed by atoms with Crippen LogP contribution in [0.15, 0.2) is 0 Å². The monoisotopic (exact) mass is 935 g/mol. The molecule has 2 unspecified atom stereocenters. The fourth-order valence-corrected chi connectivity index (χ4v) is 6.21. The van der Waals surface area contributed by atoms with E-state index in [2.05, 4.69) is 31.9 Å². The minimum absolute atomic E-state index is 0.0108. The number of methoxy groups -OCH3 is 3. The summed E-state index contributed by atoms with van der Waals surface area (Å²) in [5.41, 5.74) is 0. The van der Waals surface area contributed by atoms with Gasteiger partial charge in [-0.1, -0.05) is 6.42 Å². The van der Waals surface area contributed by atoms with Crippen LogP contribution in [0, 0.1) is 5.92 Å². The molecule has 0 saturated heterocycles. The molecular weight excluding hydrogens is 849 g/mol. The Kier molecular flexibility index (Phi) is 44.5. The van der Waals surface area contributed by atoms with Gasteiger partial charge in [0.1, 0.15) is 0 Å². The summed E-state index contributed by atoms with van der Waals surface area (Å²) in [7, 11) is 4.87. The number of hydrogen-bond acceptors (Lipinski definition) is 14. The van der Waals surface area contributed by atoms with Crippen LogP contribution in [0.5, 0.6) is 0 Å². The van der Waals surface area contributed by atoms with Gasteiger partial charge in [0.05, 0.1) is 59.5 Å². The maximum absolute atomic E-state index is 12.9. The number of amides is 6. The van der Waals surface area contributed by atoms with E-state index < -0.39 is 6.04 Å². The molecule has 20 heteroatoms. The second kappa shape index (κ2) is 47.0. The van der Waals surface area contributed by atoms with E-state index in [0.717, 1.165) is 44.9 Å². The zero-order valence-corrected chi connectivity index (χ0v) is 40.0. The number of carbonyl (C=O) groups excluding carboxylic acids is 6. The number of aliphatic hydroxyl groups excluding tert-OH is 1.